The molecule has 100 valence electrons. The van der Waals surface area contributed by atoms with Crippen LogP contribution >= 0.6 is 12.2 Å². The van der Waals surface area contributed by atoms with E-state index in [4.69, 9.17) is 18.0 Å². The predicted octanol–water partition coefficient (Wildman–Crippen LogP) is 0.570. The fourth-order valence-corrected chi connectivity index (χ4v) is 3.55. The molecule has 0 bridgehead atoms. The van der Waals surface area contributed by atoms with Crippen molar-refractivity contribution in [3.05, 3.63) is 0 Å². The van der Waals surface area contributed by atoms with Gasteiger partial charge in [0.1, 0.15) is 0 Å². The lowest BCUT2D eigenvalue weighted by molar-refractivity contribution is 0.268. The number of nitrogens with zero attached hydrogens (tertiary/aromatic N) is 2. The van der Waals surface area contributed by atoms with E-state index in [-0.39, 0.29) is 4.99 Å². The molecule has 1 rings (SSSR count). The first-order valence-corrected chi connectivity index (χ1v) is 7.59. The second-order valence-corrected chi connectivity index (χ2v) is 7.14. The fraction of sp³-hybridized carbons (Fsp3) is 0.900. The van der Waals surface area contributed by atoms with Gasteiger partial charge in [-0.1, -0.05) is 19.1 Å². The molecule has 5 nitrogen and oxygen atoms in total. The van der Waals surface area contributed by atoms with Gasteiger partial charge in [-0.25, -0.2) is 0 Å². The van der Waals surface area contributed by atoms with E-state index in [9.17, 15) is 8.42 Å². The minimum Gasteiger partial charge on any atom is -0.392 e. The van der Waals surface area contributed by atoms with Crippen LogP contribution in [-0.4, -0.2) is 48.2 Å². The lowest BCUT2D eigenvalue weighted by atomic mass is 10.0. The first kappa shape index (κ1) is 14.8. The molecule has 1 saturated heterocycles. The van der Waals surface area contributed by atoms with Gasteiger partial charge in [-0.15, -0.1) is 0 Å². The molecule has 1 aliphatic heterocycles. The molecule has 7 heteroatoms. The maximum atomic E-state index is 12.3. The summed E-state index contributed by atoms with van der Waals surface area (Å²) in [6.45, 7) is 5.01. The van der Waals surface area contributed by atoms with Gasteiger partial charge in [0.15, 0.2) is 0 Å². The van der Waals surface area contributed by atoms with Crippen LogP contribution in [0.15, 0.2) is 0 Å². The van der Waals surface area contributed by atoms with Crippen LogP contribution in [0.2, 0.25) is 0 Å². The number of likely N-dealkylation sites (N-methyl/N-ethyl adjacent to an activating group) is 1. The van der Waals surface area contributed by atoms with Crippen molar-refractivity contribution in [3.8, 4) is 0 Å². The van der Waals surface area contributed by atoms with Gasteiger partial charge in [0, 0.05) is 20.1 Å². The zero-order valence-electron chi connectivity index (χ0n) is 10.6. The van der Waals surface area contributed by atoms with Crippen LogP contribution in [-0.2, 0) is 10.2 Å². The first-order valence-electron chi connectivity index (χ1n) is 5.79. The Bertz CT molecular complexity index is 375. The summed E-state index contributed by atoms with van der Waals surface area (Å²) in [7, 11) is -1.91. The standard InChI is InChI=1S/C10H21N3O2S2/c1-8-4-6-13(7-5-8)17(14,15)12(3)9(2)10(11)16/h8-9H,4-7H2,1-3H3,(H2,11,16). The Balaban J connectivity index is 2.77. The van der Waals surface area contributed by atoms with E-state index in [1.807, 2.05) is 0 Å². The smallest absolute Gasteiger partial charge is 0.282 e. The van der Waals surface area contributed by atoms with Gasteiger partial charge in [0.2, 0.25) is 0 Å². The number of thiocarbonyl (C=S) groups is 1. The molecule has 1 heterocycles. The van der Waals surface area contributed by atoms with Crippen LogP contribution in [0.5, 0.6) is 0 Å². The molecule has 1 aliphatic rings. The Morgan fingerprint density at radius 3 is 2.35 bits per heavy atom. The van der Waals surface area contributed by atoms with Gasteiger partial charge in [-0.2, -0.15) is 17.0 Å². The largest absolute Gasteiger partial charge is 0.392 e. The van der Waals surface area contributed by atoms with Crippen molar-refractivity contribution >= 4 is 27.4 Å². The Morgan fingerprint density at radius 1 is 1.47 bits per heavy atom. The maximum Gasteiger partial charge on any atom is 0.282 e. The highest BCUT2D eigenvalue weighted by molar-refractivity contribution is 7.87. The molecule has 0 aromatic rings. The second-order valence-electron chi connectivity index (χ2n) is 4.68. The molecule has 17 heavy (non-hydrogen) atoms. The Hall–Kier alpha value is -0.240. The topological polar surface area (TPSA) is 66.6 Å². The van der Waals surface area contributed by atoms with Crippen LogP contribution in [0.3, 0.4) is 0 Å². The van der Waals surface area contributed by atoms with E-state index in [2.05, 4.69) is 6.92 Å². The quantitative estimate of drug-likeness (QED) is 0.764. The average Bonchev–Trinajstić information content (AvgIpc) is 2.27. The minimum absolute atomic E-state index is 0.196. The molecule has 0 aromatic heterocycles. The normalized spacial score (nSPS) is 21.6. The van der Waals surface area contributed by atoms with E-state index in [1.165, 1.54) is 15.7 Å². The summed E-state index contributed by atoms with van der Waals surface area (Å²) in [4.78, 5) is 0.196. The summed E-state index contributed by atoms with van der Waals surface area (Å²) in [5, 5.41) is 0. The van der Waals surface area contributed by atoms with Crippen molar-refractivity contribution in [2.24, 2.45) is 11.7 Å². The molecule has 0 spiro atoms. The minimum atomic E-state index is -3.43. The Morgan fingerprint density at radius 2 is 1.94 bits per heavy atom. The number of hydrogen-bond acceptors (Lipinski definition) is 3. The van der Waals surface area contributed by atoms with Crippen LogP contribution in [0.4, 0.5) is 0 Å². The molecule has 1 fully saturated rings. The highest BCUT2D eigenvalue weighted by Gasteiger charge is 2.33. The highest BCUT2D eigenvalue weighted by atomic mass is 32.2. The second kappa shape index (κ2) is 5.60. The van der Waals surface area contributed by atoms with Gasteiger partial charge in [-0.3, -0.25) is 0 Å². The van der Waals surface area contributed by atoms with Crippen molar-refractivity contribution in [1.29, 1.82) is 0 Å². The zero-order valence-corrected chi connectivity index (χ0v) is 12.2. The molecule has 0 amide bonds. The Labute approximate surface area is 109 Å². The van der Waals surface area contributed by atoms with Crippen molar-refractivity contribution < 1.29 is 8.42 Å². The van der Waals surface area contributed by atoms with Crippen LogP contribution < -0.4 is 5.73 Å². The number of piperidine rings is 1. The summed E-state index contributed by atoms with van der Waals surface area (Å²) in [6, 6.07) is -0.450. The molecule has 0 radical (unpaired) electrons. The van der Waals surface area contributed by atoms with Crippen molar-refractivity contribution in [1.82, 2.24) is 8.61 Å². The number of nitrogens with two attached hydrogens (primary N) is 1. The van der Waals surface area contributed by atoms with Gasteiger partial charge in [0.25, 0.3) is 10.2 Å². The molecular formula is C10H21N3O2S2. The summed E-state index contributed by atoms with van der Waals surface area (Å²) in [5.41, 5.74) is 5.49. The van der Waals surface area contributed by atoms with Gasteiger partial charge in [0.05, 0.1) is 11.0 Å². The molecule has 1 atom stereocenters. The average molecular weight is 279 g/mol. The molecule has 0 aliphatic carbocycles. The van der Waals surface area contributed by atoms with Crippen molar-refractivity contribution in [3.63, 3.8) is 0 Å². The molecular weight excluding hydrogens is 258 g/mol. The molecule has 0 aromatic carbocycles. The van der Waals surface area contributed by atoms with E-state index in [1.54, 1.807) is 6.92 Å². The molecule has 0 saturated carbocycles. The van der Waals surface area contributed by atoms with E-state index >= 15 is 0 Å². The zero-order chi connectivity index (χ0) is 13.2. The first-order chi connectivity index (χ1) is 7.76. The SMILES string of the molecule is CC1CCN(S(=O)(=O)N(C)C(C)C(N)=S)CC1. The summed E-state index contributed by atoms with van der Waals surface area (Å²) in [5.74, 6) is 0.597. The van der Waals surface area contributed by atoms with Crippen LogP contribution in [0.25, 0.3) is 0 Å². The number of rotatable bonds is 4. The molecule has 1 unspecified atom stereocenters. The summed E-state index contributed by atoms with van der Waals surface area (Å²) in [6.07, 6.45) is 1.82. The van der Waals surface area contributed by atoms with E-state index in [0.717, 1.165) is 12.8 Å². The Kier molecular flexibility index (Phi) is 4.88. The van der Waals surface area contributed by atoms with Crippen LogP contribution in [0, 0.1) is 5.92 Å². The predicted molar refractivity (Wildman–Crippen MR) is 72.9 cm³/mol. The van der Waals surface area contributed by atoms with Gasteiger partial charge in [-0.05, 0) is 25.7 Å². The molecule has 2 N–H and O–H groups in total. The highest BCUT2D eigenvalue weighted by Crippen LogP contribution is 2.21. The lowest BCUT2D eigenvalue weighted by Gasteiger charge is -2.34. The van der Waals surface area contributed by atoms with Crippen molar-refractivity contribution in [2.45, 2.75) is 32.7 Å². The fourth-order valence-electron chi connectivity index (χ4n) is 1.78. The summed E-state index contributed by atoms with van der Waals surface area (Å²) >= 11 is 4.84. The third-order valence-corrected chi connectivity index (χ3v) is 5.79. The third kappa shape index (κ3) is 3.37. The monoisotopic (exact) mass is 279 g/mol. The summed E-state index contributed by atoms with van der Waals surface area (Å²) < 4.78 is 27.3. The van der Waals surface area contributed by atoms with Crippen molar-refractivity contribution in [2.75, 3.05) is 20.1 Å². The lowest BCUT2D eigenvalue weighted by Crippen LogP contribution is -2.51. The van der Waals surface area contributed by atoms with E-state index < -0.39 is 16.3 Å². The maximum absolute atomic E-state index is 12.3. The van der Waals surface area contributed by atoms with Crippen LogP contribution in [0.1, 0.15) is 26.7 Å². The van der Waals surface area contributed by atoms with Gasteiger partial charge < -0.3 is 5.73 Å². The third-order valence-electron chi connectivity index (χ3n) is 3.39. The number of hydrogen-bond donors (Lipinski definition) is 1. The van der Waals surface area contributed by atoms with E-state index in [0.29, 0.717) is 19.0 Å². The van der Waals surface area contributed by atoms with Gasteiger partial charge >= 0.3 is 0 Å².